The van der Waals surface area contributed by atoms with E-state index in [0.717, 1.165) is 0 Å². The molecule has 0 fully saturated rings. The summed E-state index contributed by atoms with van der Waals surface area (Å²) in [6, 6.07) is 6.69. The monoisotopic (exact) mass is 367 g/mol. The number of carbonyl (C=O) groups is 2. The number of aromatic nitrogens is 1. The SMILES string of the molecule is C[C@@H](NC(=O)c1cccc(Cl)c1Cl)C(=O)Nc1ccc(=O)n(C)c1. The Kier molecular flexibility index (Phi) is 5.64. The molecule has 6 nitrogen and oxygen atoms in total. The van der Waals surface area contributed by atoms with Crippen LogP contribution in [0.15, 0.2) is 41.3 Å². The third kappa shape index (κ3) is 4.15. The molecule has 1 aromatic carbocycles. The average Bonchev–Trinajstić information content (AvgIpc) is 2.53. The van der Waals surface area contributed by atoms with Crippen LogP contribution in [0.25, 0.3) is 0 Å². The zero-order valence-corrected chi connectivity index (χ0v) is 14.5. The third-order valence-electron chi connectivity index (χ3n) is 3.29. The molecule has 1 atom stereocenters. The molecule has 126 valence electrons. The number of hydrogen-bond acceptors (Lipinski definition) is 3. The molecule has 0 aliphatic rings. The molecule has 1 aromatic heterocycles. The van der Waals surface area contributed by atoms with Crippen molar-refractivity contribution in [2.75, 3.05) is 5.32 Å². The van der Waals surface area contributed by atoms with E-state index < -0.39 is 17.9 Å². The lowest BCUT2D eigenvalue weighted by molar-refractivity contribution is -0.117. The topological polar surface area (TPSA) is 80.2 Å². The summed E-state index contributed by atoms with van der Waals surface area (Å²) in [6.45, 7) is 1.54. The maximum absolute atomic E-state index is 12.2. The zero-order valence-electron chi connectivity index (χ0n) is 13.0. The van der Waals surface area contributed by atoms with Gasteiger partial charge in [0, 0.05) is 19.3 Å². The van der Waals surface area contributed by atoms with Gasteiger partial charge in [-0.15, -0.1) is 0 Å². The maximum Gasteiger partial charge on any atom is 0.253 e. The Bertz CT molecular complexity index is 849. The van der Waals surface area contributed by atoms with Crippen molar-refractivity contribution in [3.8, 4) is 0 Å². The van der Waals surface area contributed by atoms with Gasteiger partial charge in [-0.3, -0.25) is 14.4 Å². The number of carbonyl (C=O) groups excluding carboxylic acids is 2. The summed E-state index contributed by atoms with van der Waals surface area (Å²) < 4.78 is 1.34. The van der Waals surface area contributed by atoms with Crippen LogP contribution in [0.5, 0.6) is 0 Å². The van der Waals surface area contributed by atoms with Gasteiger partial charge in [-0.1, -0.05) is 29.3 Å². The molecule has 0 unspecified atom stereocenters. The summed E-state index contributed by atoms with van der Waals surface area (Å²) >= 11 is 11.9. The number of benzene rings is 1. The molecule has 0 aliphatic heterocycles. The minimum absolute atomic E-state index is 0.127. The minimum atomic E-state index is -0.815. The molecule has 24 heavy (non-hydrogen) atoms. The van der Waals surface area contributed by atoms with Crippen LogP contribution in [0.4, 0.5) is 5.69 Å². The van der Waals surface area contributed by atoms with Crippen molar-refractivity contribution in [3.63, 3.8) is 0 Å². The van der Waals surface area contributed by atoms with Gasteiger partial charge in [0.1, 0.15) is 6.04 Å². The minimum Gasteiger partial charge on any atom is -0.340 e. The number of nitrogens with zero attached hydrogens (tertiary/aromatic N) is 1. The van der Waals surface area contributed by atoms with Gasteiger partial charge in [0.2, 0.25) is 11.5 Å². The second kappa shape index (κ2) is 7.51. The number of amides is 2. The maximum atomic E-state index is 12.2. The average molecular weight is 368 g/mol. The van der Waals surface area contributed by atoms with E-state index in [1.807, 2.05) is 0 Å². The first-order chi connectivity index (χ1) is 11.3. The van der Waals surface area contributed by atoms with E-state index in [9.17, 15) is 14.4 Å². The van der Waals surface area contributed by atoms with Gasteiger partial charge in [-0.05, 0) is 25.1 Å². The number of halogens is 2. The lowest BCUT2D eigenvalue weighted by Crippen LogP contribution is -2.41. The van der Waals surface area contributed by atoms with Crippen LogP contribution in [0, 0.1) is 0 Å². The van der Waals surface area contributed by atoms with E-state index in [1.165, 1.54) is 35.9 Å². The Morgan fingerprint density at radius 1 is 1.17 bits per heavy atom. The summed E-state index contributed by atoms with van der Waals surface area (Å²) in [5.41, 5.74) is 0.444. The quantitative estimate of drug-likeness (QED) is 0.870. The largest absolute Gasteiger partial charge is 0.340 e. The highest BCUT2D eigenvalue weighted by atomic mass is 35.5. The summed E-state index contributed by atoms with van der Waals surface area (Å²) in [6.07, 6.45) is 1.49. The Hall–Kier alpha value is -2.31. The fraction of sp³-hybridized carbons (Fsp3) is 0.188. The highest BCUT2D eigenvalue weighted by Gasteiger charge is 2.19. The second-order valence-electron chi connectivity index (χ2n) is 5.15. The molecule has 2 rings (SSSR count). The lowest BCUT2D eigenvalue weighted by atomic mass is 10.2. The molecule has 8 heteroatoms. The Morgan fingerprint density at radius 2 is 1.88 bits per heavy atom. The Balaban J connectivity index is 2.05. The predicted molar refractivity (Wildman–Crippen MR) is 93.7 cm³/mol. The van der Waals surface area contributed by atoms with Gasteiger partial charge in [-0.25, -0.2) is 0 Å². The third-order valence-corrected chi connectivity index (χ3v) is 4.11. The Morgan fingerprint density at radius 3 is 2.54 bits per heavy atom. The van der Waals surface area contributed by atoms with Gasteiger partial charge < -0.3 is 15.2 Å². The highest BCUT2D eigenvalue weighted by Crippen LogP contribution is 2.25. The highest BCUT2D eigenvalue weighted by molar-refractivity contribution is 6.43. The predicted octanol–water partition coefficient (Wildman–Crippen LogP) is 2.45. The second-order valence-corrected chi connectivity index (χ2v) is 5.94. The van der Waals surface area contributed by atoms with Crippen molar-refractivity contribution in [2.45, 2.75) is 13.0 Å². The fourth-order valence-corrected chi connectivity index (χ4v) is 2.32. The van der Waals surface area contributed by atoms with Crippen LogP contribution >= 0.6 is 23.2 Å². The molecule has 2 amide bonds. The zero-order chi connectivity index (χ0) is 17.9. The summed E-state index contributed by atoms with van der Waals surface area (Å²) in [4.78, 5) is 35.7. The normalized spacial score (nSPS) is 11.7. The molecular formula is C16H15Cl2N3O3. The lowest BCUT2D eigenvalue weighted by Gasteiger charge is -2.15. The van der Waals surface area contributed by atoms with Crippen LogP contribution in [0.1, 0.15) is 17.3 Å². The summed E-state index contributed by atoms with van der Waals surface area (Å²) in [5.74, 6) is -0.939. The molecule has 0 spiro atoms. The number of nitrogens with one attached hydrogen (secondary N) is 2. The van der Waals surface area contributed by atoms with Gasteiger partial charge in [-0.2, -0.15) is 0 Å². The molecule has 0 radical (unpaired) electrons. The van der Waals surface area contributed by atoms with Crippen molar-refractivity contribution in [1.29, 1.82) is 0 Å². The number of aryl methyl sites for hydroxylation is 1. The van der Waals surface area contributed by atoms with Gasteiger partial charge >= 0.3 is 0 Å². The molecule has 2 aromatic rings. The van der Waals surface area contributed by atoms with Crippen molar-refractivity contribution < 1.29 is 9.59 Å². The van der Waals surface area contributed by atoms with Crippen LogP contribution in [0.2, 0.25) is 10.0 Å². The number of pyridine rings is 1. The summed E-state index contributed by atoms with van der Waals surface area (Å²) in [7, 11) is 1.57. The summed E-state index contributed by atoms with van der Waals surface area (Å²) in [5, 5.41) is 5.55. The van der Waals surface area contributed by atoms with Crippen molar-refractivity contribution in [3.05, 3.63) is 62.5 Å². The van der Waals surface area contributed by atoms with E-state index in [1.54, 1.807) is 19.2 Å². The van der Waals surface area contributed by atoms with Gasteiger partial charge in [0.05, 0.1) is 21.3 Å². The van der Waals surface area contributed by atoms with Gasteiger partial charge in [0.25, 0.3) is 5.91 Å². The van der Waals surface area contributed by atoms with E-state index in [2.05, 4.69) is 10.6 Å². The standard InChI is InChI=1S/C16H15Cl2N3O3/c1-9(15(23)20-10-6-7-13(22)21(2)8-10)19-16(24)11-4-3-5-12(17)14(11)18/h3-9H,1-2H3,(H,19,24)(H,20,23)/t9-/m1/s1. The molecule has 0 aliphatic carbocycles. The molecular weight excluding hydrogens is 353 g/mol. The number of hydrogen-bond donors (Lipinski definition) is 2. The smallest absolute Gasteiger partial charge is 0.253 e. The molecule has 0 saturated heterocycles. The molecule has 1 heterocycles. The number of rotatable bonds is 4. The van der Waals surface area contributed by atoms with Crippen LogP contribution < -0.4 is 16.2 Å². The molecule has 2 N–H and O–H groups in total. The van der Waals surface area contributed by atoms with Crippen molar-refractivity contribution in [1.82, 2.24) is 9.88 Å². The first-order valence-electron chi connectivity index (χ1n) is 7.02. The first-order valence-corrected chi connectivity index (χ1v) is 7.77. The van der Waals surface area contributed by atoms with Gasteiger partial charge in [0.15, 0.2) is 0 Å². The van der Waals surface area contributed by atoms with Crippen LogP contribution in [-0.4, -0.2) is 22.4 Å². The molecule has 0 bridgehead atoms. The van der Waals surface area contributed by atoms with E-state index in [-0.39, 0.29) is 21.2 Å². The van der Waals surface area contributed by atoms with E-state index >= 15 is 0 Å². The van der Waals surface area contributed by atoms with Crippen molar-refractivity contribution >= 4 is 40.7 Å². The number of anilines is 1. The molecule has 0 saturated carbocycles. The van der Waals surface area contributed by atoms with Crippen molar-refractivity contribution in [2.24, 2.45) is 7.05 Å². The first kappa shape index (κ1) is 18.0. The van der Waals surface area contributed by atoms with Crippen LogP contribution in [-0.2, 0) is 11.8 Å². The fourth-order valence-electron chi connectivity index (χ4n) is 1.94. The van der Waals surface area contributed by atoms with E-state index in [0.29, 0.717) is 5.69 Å². The Labute approximate surface area is 148 Å². The van der Waals surface area contributed by atoms with Crippen LogP contribution in [0.3, 0.4) is 0 Å². The van der Waals surface area contributed by atoms with E-state index in [4.69, 9.17) is 23.2 Å².